The molecule has 0 spiro atoms. The molecule has 106 valence electrons. The molecule has 4 heteroatoms. The van der Waals surface area contributed by atoms with Crippen LogP contribution in [-0.2, 0) is 6.54 Å². The molecule has 0 radical (unpaired) electrons. The third-order valence-corrected chi connectivity index (χ3v) is 2.96. The molecule has 0 atom stereocenters. The number of halogens is 1. The van der Waals surface area contributed by atoms with Gasteiger partial charge in [0.05, 0.1) is 0 Å². The van der Waals surface area contributed by atoms with E-state index in [2.05, 4.69) is 4.90 Å². The molecule has 2 N–H and O–H groups in total. The van der Waals surface area contributed by atoms with Gasteiger partial charge in [-0.25, -0.2) is 4.39 Å². The molecular weight excluding hydrogens is 255 g/mol. The van der Waals surface area contributed by atoms with Crippen molar-refractivity contribution in [3.8, 4) is 5.75 Å². The smallest absolute Gasteiger partial charge is 0.123 e. The zero-order valence-electron chi connectivity index (χ0n) is 11.6. The van der Waals surface area contributed by atoms with Gasteiger partial charge in [0.25, 0.3) is 0 Å². The van der Waals surface area contributed by atoms with Gasteiger partial charge in [-0.15, -0.1) is 0 Å². The number of nitrogen functional groups attached to an aromatic ring is 1. The topological polar surface area (TPSA) is 38.5 Å². The largest absolute Gasteiger partial charge is 0.492 e. The van der Waals surface area contributed by atoms with Crippen LogP contribution >= 0.6 is 0 Å². The van der Waals surface area contributed by atoms with Gasteiger partial charge >= 0.3 is 0 Å². The average molecular weight is 274 g/mol. The van der Waals surface area contributed by atoms with Crippen LogP contribution in [0.1, 0.15) is 5.56 Å². The maximum Gasteiger partial charge on any atom is 0.123 e. The monoisotopic (exact) mass is 274 g/mol. The fourth-order valence-corrected chi connectivity index (χ4v) is 1.91. The summed E-state index contributed by atoms with van der Waals surface area (Å²) in [5.74, 6) is 0.604. The van der Waals surface area contributed by atoms with E-state index in [0.29, 0.717) is 13.2 Å². The number of nitrogens with zero attached hydrogens (tertiary/aromatic N) is 1. The van der Waals surface area contributed by atoms with Crippen molar-refractivity contribution in [3.05, 3.63) is 59.9 Å². The second-order valence-corrected chi connectivity index (χ2v) is 4.79. The summed E-state index contributed by atoms with van der Waals surface area (Å²) in [5.41, 5.74) is 7.29. The minimum Gasteiger partial charge on any atom is -0.492 e. The molecule has 0 saturated carbocycles. The van der Waals surface area contributed by atoms with Crippen molar-refractivity contribution in [2.75, 3.05) is 25.9 Å². The van der Waals surface area contributed by atoms with Crippen LogP contribution in [0.2, 0.25) is 0 Å². The lowest BCUT2D eigenvalue weighted by Crippen LogP contribution is -2.23. The fraction of sp³-hybridized carbons (Fsp3) is 0.250. The highest BCUT2D eigenvalue weighted by molar-refractivity contribution is 5.41. The minimum atomic E-state index is -0.200. The minimum absolute atomic E-state index is 0.200. The lowest BCUT2D eigenvalue weighted by molar-refractivity contribution is 0.233. The Hall–Kier alpha value is -2.07. The Morgan fingerprint density at radius 1 is 1.15 bits per heavy atom. The van der Waals surface area contributed by atoms with Gasteiger partial charge in [0.15, 0.2) is 0 Å². The molecule has 2 rings (SSSR count). The van der Waals surface area contributed by atoms with Crippen LogP contribution in [0, 0.1) is 5.82 Å². The predicted octanol–water partition coefficient (Wildman–Crippen LogP) is 2.92. The van der Waals surface area contributed by atoms with Crippen LogP contribution in [-0.4, -0.2) is 25.1 Å². The van der Waals surface area contributed by atoms with Crippen molar-refractivity contribution in [1.82, 2.24) is 4.90 Å². The van der Waals surface area contributed by atoms with Gasteiger partial charge in [0.2, 0.25) is 0 Å². The lowest BCUT2D eigenvalue weighted by Gasteiger charge is -2.17. The van der Waals surface area contributed by atoms with E-state index in [-0.39, 0.29) is 5.82 Å². The van der Waals surface area contributed by atoms with E-state index in [1.807, 2.05) is 37.4 Å². The second kappa shape index (κ2) is 6.91. The predicted molar refractivity (Wildman–Crippen MR) is 79.1 cm³/mol. The van der Waals surface area contributed by atoms with E-state index in [0.717, 1.165) is 23.5 Å². The Morgan fingerprint density at radius 2 is 1.90 bits per heavy atom. The first-order valence-electron chi connectivity index (χ1n) is 6.55. The Labute approximate surface area is 118 Å². The molecule has 0 aliphatic carbocycles. The summed E-state index contributed by atoms with van der Waals surface area (Å²) in [6.07, 6.45) is 0. The molecule has 20 heavy (non-hydrogen) atoms. The summed E-state index contributed by atoms with van der Waals surface area (Å²) in [7, 11) is 1.98. The Bertz CT molecular complexity index is 542. The molecule has 3 nitrogen and oxygen atoms in total. The first kappa shape index (κ1) is 14.3. The van der Waals surface area contributed by atoms with E-state index in [1.165, 1.54) is 6.07 Å². The van der Waals surface area contributed by atoms with Gasteiger partial charge in [-0.1, -0.05) is 12.1 Å². The summed E-state index contributed by atoms with van der Waals surface area (Å²) < 4.78 is 18.7. The molecule has 0 bridgehead atoms. The molecule has 0 heterocycles. The average Bonchev–Trinajstić information content (AvgIpc) is 2.41. The molecule has 2 aromatic carbocycles. The first-order valence-corrected chi connectivity index (χ1v) is 6.55. The molecule has 0 aromatic heterocycles. The zero-order valence-corrected chi connectivity index (χ0v) is 11.6. The Kier molecular flexibility index (Phi) is 4.96. The summed E-state index contributed by atoms with van der Waals surface area (Å²) in [4.78, 5) is 2.09. The second-order valence-electron chi connectivity index (χ2n) is 4.79. The van der Waals surface area contributed by atoms with E-state index in [4.69, 9.17) is 10.5 Å². The highest BCUT2D eigenvalue weighted by atomic mass is 19.1. The van der Waals surface area contributed by atoms with Crippen LogP contribution in [0.15, 0.2) is 48.5 Å². The van der Waals surface area contributed by atoms with Gasteiger partial charge in [0.1, 0.15) is 18.2 Å². The van der Waals surface area contributed by atoms with Crippen molar-refractivity contribution >= 4 is 5.69 Å². The molecule has 0 fully saturated rings. The molecule has 2 aromatic rings. The first-order chi connectivity index (χ1) is 9.63. The van der Waals surface area contributed by atoms with Gasteiger partial charge in [-0.05, 0) is 49.0 Å². The van der Waals surface area contributed by atoms with E-state index in [9.17, 15) is 4.39 Å². The summed E-state index contributed by atoms with van der Waals surface area (Å²) >= 11 is 0. The number of benzene rings is 2. The maximum absolute atomic E-state index is 13.1. The van der Waals surface area contributed by atoms with Crippen molar-refractivity contribution in [3.63, 3.8) is 0 Å². The number of rotatable bonds is 6. The number of hydrogen-bond donors (Lipinski definition) is 1. The number of ether oxygens (including phenoxy) is 1. The summed E-state index contributed by atoms with van der Waals surface area (Å²) in [6.45, 7) is 2.04. The molecule has 0 aliphatic rings. The van der Waals surface area contributed by atoms with E-state index < -0.39 is 0 Å². The molecule has 0 unspecified atom stereocenters. The quantitative estimate of drug-likeness (QED) is 0.823. The van der Waals surface area contributed by atoms with Crippen LogP contribution in [0.4, 0.5) is 10.1 Å². The Morgan fingerprint density at radius 3 is 2.60 bits per heavy atom. The zero-order chi connectivity index (χ0) is 14.4. The third-order valence-electron chi connectivity index (χ3n) is 2.96. The van der Waals surface area contributed by atoms with Crippen LogP contribution in [0.25, 0.3) is 0 Å². The van der Waals surface area contributed by atoms with Gasteiger partial charge in [-0.2, -0.15) is 0 Å². The maximum atomic E-state index is 13.1. The fourth-order valence-electron chi connectivity index (χ4n) is 1.91. The van der Waals surface area contributed by atoms with Crippen LogP contribution in [0.3, 0.4) is 0 Å². The number of likely N-dealkylation sites (N-methyl/N-ethyl adjacent to an activating group) is 1. The highest BCUT2D eigenvalue weighted by Gasteiger charge is 2.02. The van der Waals surface area contributed by atoms with E-state index >= 15 is 0 Å². The summed E-state index contributed by atoms with van der Waals surface area (Å²) in [5, 5.41) is 0. The van der Waals surface area contributed by atoms with Crippen molar-refractivity contribution in [2.24, 2.45) is 0 Å². The van der Waals surface area contributed by atoms with Crippen LogP contribution < -0.4 is 10.5 Å². The SMILES string of the molecule is CN(CCOc1ccc(N)cc1)Cc1cccc(F)c1. The molecular formula is C16H19FN2O. The lowest BCUT2D eigenvalue weighted by atomic mass is 10.2. The standard InChI is InChI=1S/C16H19FN2O/c1-19(12-13-3-2-4-14(17)11-13)9-10-20-16-7-5-15(18)6-8-16/h2-8,11H,9-10,12,18H2,1H3. The summed E-state index contributed by atoms with van der Waals surface area (Å²) in [6, 6.07) is 14.0. The third kappa shape index (κ3) is 4.55. The highest BCUT2D eigenvalue weighted by Crippen LogP contribution is 2.13. The molecule has 0 saturated heterocycles. The normalized spacial score (nSPS) is 10.8. The van der Waals surface area contributed by atoms with Gasteiger partial charge < -0.3 is 10.5 Å². The Balaban J connectivity index is 1.75. The van der Waals surface area contributed by atoms with E-state index in [1.54, 1.807) is 12.1 Å². The van der Waals surface area contributed by atoms with Crippen molar-refractivity contribution in [2.45, 2.75) is 6.54 Å². The number of hydrogen-bond acceptors (Lipinski definition) is 3. The molecule has 0 amide bonds. The van der Waals surface area contributed by atoms with Gasteiger partial charge in [0, 0.05) is 18.8 Å². The molecule has 0 aliphatic heterocycles. The van der Waals surface area contributed by atoms with Crippen molar-refractivity contribution in [1.29, 1.82) is 0 Å². The number of nitrogens with two attached hydrogens (primary N) is 1. The van der Waals surface area contributed by atoms with Crippen LogP contribution in [0.5, 0.6) is 5.75 Å². The van der Waals surface area contributed by atoms with Crippen molar-refractivity contribution < 1.29 is 9.13 Å². The van der Waals surface area contributed by atoms with Gasteiger partial charge in [-0.3, -0.25) is 4.90 Å². The number of anilines is 1.